The summed E-state index contributed by atoms with van der Waals surface area (Å²) >= 11 is 0. The Morgan fingerprint density at radius 2 is 1.75 bits per heavy atom. The lowest BCUT2D eigenvalue weighted by Gasteiger charge is -2.19. The highest BCUT2D eigenvalue weighted by molar-refractivity contribution is 6.20. The van der Waals surface area contributed by atoms with Gasteiger partial charge >= 0.3 is 0 Å². The molecule has 102 valence electrons. The molecule has 2 unspecified atom stereocenters. The molecule has 0 bridgehead atoms. The Labute approximate surface area is 119 Å². The molecule has 1 heterocycles. The summed E-state index contributed by atoms with van der Waals surface area (Å²) in [6.45, 7) is 8.66. The van der Waals surface area contributed by atoms with E-state index in [0.717, 1.165) is 28.2 Å². The van der Waals surface area contributed by atoms with Crippen molar-refractivity contribution in [1.82, 2.24) is 0 Å². The average Bonchev–Trinajstić information content (AvgIpc) is 2.86. The molecule has 2 nitrogen and oxygen atoms in total. The molecule has 0 spiro atoms. The molecule has 0 saturated heterocycles. The summed E-state index contributed by atoms with van der Waals surface area (Å²) in [6.07, 6.45) is 0. The van der Waals surface area contributed by atoms with Crippen molar-refractivity contribution in [2.45, 2.75) is 27.7 Å². The van der Waals surface area contributed by atoms with E-state index in [1.807, 2.05) is 24.3 Å². The van der Waals surface area contributed by atoms with Crippen molar-refractivity contribution >= 4 is 11.5 Å². The second-order valence-electron chi connectivity index (χ2n) is 6.86. The minimum absolute atomic E-state index is 0.126. The quantitative estimate of drug-likeness (QED) is 0.703. The Bertz CT molecular complexity index is 715. The van der Waals surface area contributed by atoms with Crippen LogP contribution >= 0.6 is 0 Å². The van der Waals surface area contributed by atoms with Gasteiger partial charge < -0.3 is 4.74 Å². The van der Waals surface area contributed by atoms with E-state index in [-0.39, 0.29) is 11.2 Å². The molecule has 1 aromatic rings. The number of hydrogen-bond acceptors (Lipinski definition) is 2. The van der Waals surface area contributed by atoms with Gasteiger partial charge in [0.2, 0.25) is 0 Å². The second kappa shape index (κ2) is 3.43. The van der Waals surface area contributed by atoms with Gasteiger partial charge in [-0.05, 0) is 24.8 Å². The predicted octanol–water partition coefficient (Wildman–Crippen LogP) is 4.19. The summed E-state index contributed by atoms with van der Waals surface area (Å²) in [5.74, 6) is 2.74. The van der Waals surface area contributed by atoms with Crippen molar-refractivity contribution in [3.05, 3.63) is 52.3 Å². The second-order valence-corrected chi connectivity index (χ2v) is 6.86. The number of rotatable bonds is 0. The van der Waals surface area contributed by atoms with E-state index in [1.54, 1.807) is 0 Å². The molecule has 1 aliphatic heterocycles. The third-order valence-electron chi connectivity index (χ3n) is 5.03. The van der Waals surface area contributed by atoms with Crippen LogP contribution in [0.1, 0.15) is 43.6 Å². The molecule has 2 atom stereocenters. The van der Waals surface area contributed by atoms with Gasteiger partial charge in [0.25, 0.3) is 0 Å². The molecular weight excluding hydrogens is 248 g/mol. The minimum atomic E-state index is 0.126. The van der Waals surface area contributed by atoms with E-state index in [1.165, 1.54) is 5.57 Å². The number of ether oxygens (including phenoxy) is 1. The number of fused-ring (bicyclic) bond motifs is 4. The van der Waals surface area contributed by atoms with Crippen LogP contribution in [0.5, 0.6) is 0 Å². The monoisotopic (exact) mass is 266 g/mol. The molecule has 0 aromatic heterocycles. The van der Waals surface area contributed by atoms with Crippen LogP contribution in [-0.4, -0.2) is 5.78 Å². The van der Waals surface area contributed by atoms with E-state index >= 15 is 0 Å². The fraction of sp³-hybridized carbons (Fsp3) is 0.389. The minimum Gasteiger partial charge on any atom is -0.460 e. The van der Waals surface area contributed by atoms with Gasteiger partial charge in [-0.2, -0.15) is 0 Å². The molecule has 1 fully saturated rings. The highest BCUT2D eigenvalue weighted by atomic mass is 16.5. The van der Waals surface area contributed by atoms with Crippen LogP contribution in [0.3, 0.4) is 0 Å². The Morgan fingerprint density at radius 1 is 1.10 bits per heavy atom. The smallest absolute Gasteiger partial charge is 0.193 e. The summed E-state index contributed by atoms with van der Waals surface area (Å²) in [4.78, 5) is 12.7. The molecule has 4 rings (SSSR count). The Hall–Kier alpha value is -1.83. The molecular formula is C18H18O2. The lowest BCUT2D eigenvalue weighted by atomic mass is 10.00. The SMILES string of the molecule is CC(C)=C1OC2=C(C(=O)c3ccccc32)C2C1C2(C)C. The zero-order chi connectivity index (χ0) is 14.2. The van der Waals surface area contributed by atoms with Crippen molar-refractivity contribution in [1.29, 1.82) is 0 Å². The van der Waals surface area contributed by atoms with Gasteiger partial charge in [-0.25, -0.2) is 0 Å². The topological polar surface area (TPSA) is 26.3 Å². The third kappa shape index (κ3) is 1.22. The normalized spacial score (nSPS) is 28.6. The Balaban J connectivity index is 1.95. The molecule has 2 aliphatic carbocycles. The van der Waals surface area contributed by atoms with E-state index < -0.39 is 0 Å². The lowest BCUT2D eigenvalue weighted by Crippen LogP contribution is -2.09. The molecule has 3 aliphatic rings. The van der Waals surface area contributed by atoms with Crippen LogP contribution in [0.2, 0.25) is 0 Å². The van der Waals surface area contributed by atoms with Crippen LogP contribution in [0, 0.1) is 17.3 Å². The van der Waals surface area contributed by atoms with Gasteiger partial charge in [-0.15, -0.1) is 0 Å². The van der Waals surface area contributed by atoms with Gasteiger partial charge in [0.15, 0.2) is 5.78 Å². The molecule has 0 amide bonds. The summed E-state index contributed by atoms with van der Waals surface area (Å²) in [5, 5.41) is 0. The fourth-order valence-corrected chi connectivity index (χ4v) is 3.92. The highest BCUT2D eigenvalue weighted by Gasteiger charge is 2.67. The largest absolute Gasteiger partial charge is 0.460 e. The lowest BCUT2D eigenvalue weighted by molar-refractivity contribution is 0.102. The number of carbonyl (C=O) groups excluding carboxylic acids is 1. The first-order chi connectivity index (χ1) is 9.44. The zero-order valence-corrected chi connectivity index (χ0v) is 12.3. The molecule has 0 radical (unpaired) electrons. The Kier molecular flexibility index (Phi) is 2.05. The first-order valence-corrected chi connectivity index (χ1v) is 7.18. The van der Waals surface area contributed by atoms with Crippen molar-refractivity contribution < 1.29 is 9.53 Å². The number of allylic oxidation sites excluding steroid dienone is 3. The summed E-state index contributed by atoms with van der Waals surface area (Å²) in [6, 6.07) is 7.80. The maximum Gasteiger partial charge on any atom is 0.193 e. The van der Waals surface area contributed by atoms with Crippen LogP contribution in [0.25, 0.3) is 5.76 Å². The summed E-state index contributed by atoms with van der Waals surface area (Å²) in [5.41, 5.74) is 4.02. The molecule has 0 N–H and O–H groups in total. The predicted molar refractivity (Wildman–Crippen MR) is 77.9 cm³/mol. The van der Waals surface area contributed by atoms with Crippen molar-refractivity contribution in [2.75, 3.05) is 0 Å². The van der Waals surface area contributed by atoms with E-state index in [2.05, 4.69) is 27.7 Å². The Morgan fingerprint density at radius 3 is 2.40 bits per heavy atom. The number of hydrogen-bond donors (Lipinski definition) is 0. The standard InChI is InChI=1S/C18H18O2/c1-9(2)16-14-13(18(14,3)4)12-15(19)10-7-5-6-8-11(10)17(12)20-16/h5-8,13-14H,1-4H3. The average molecular weight is 266 g/mol. The summed E-state index contributed by atoms with van der Waals surface area (Å²) < 4.78 is 6.20. The third-order valence-corrected chi connectivity index (χ3v) is 5.03. The highest BCUT2D eigenvalue weighted by Crippen LogP contribution is 2.70. The zero-order valence-electron chi connectivity index (χ0n) is 12.3. The first kappa shape index (κ1) is 12.0. The maximum absolute atomic E-state index is 12.7. The van der Waals surface area contributed by atoms with Gasteiger partial charge in [0.05, 0.1) is 0 Å². The fourth-order valence-electron chi connectivity index (χ4n) is 3.92. The first-order valence-electron chi connectivity index (χ1n) is 7.18. The van der Waals surface area contributed by atoms with Crippen LogP contribution in [-0.2, 0) is 4.74 Å². The van der Waals surface area contributed by atoms with Gasteiger partial charge in [-0.1, -0.05) is 38.1 Å². The molecule has 20 heavy (non-hydrogen) atoms. The van der Waals surface area contributed by atoms with E-state index in [0.29, 0.717) is 11.8 Å². The van der Waals surface area contributed by atoms with Crippen molar-refractivity contribution in [2.24, 2.45) is 17.3 Å². The van der Waals surface area contributed by atoms with E-state index in [9.17, 15) is 4.79 Å². The van der Waals surface area contributed by atoms with Crippen molar-refractivity contribution in [3.63, 3.8) is 0 Å². The van der Waals surface area contributed by atoms with Gasteiger partial charge in [0, 0.05) is 28.5 Å². The van der Waals surface area contributed by atoms with E-state index in [4.69, 9.17) is 4.74 Å². The number of Topliss-reactive ketones (excluding diaryl/α,β-unsaturated/α-hetero) is 1. The van der Waals surface area contributed by atoms with Crippen LogP contribution in [0.4, 0.5) is 0 Å². The van der Waals surface area contributed by atoms with Crippen LogP contribution < -0.4 is 0 Å². The summed E-state index contributed by atoms with van der Waals surface area (Å²) in [7, 11) is 0. The van der Waals surface area contributed by atoms with Crippen molar-refractivity contribution in [3.8, 4) is 0 Å². The number of benzene rings is 1. The van der Waals surface area contributed by atoms with Gasteiger partial charge in [0.1, 0.15) is 11.5 Å². The number of ketones is 1. The molecule has 1 saturated carbocycles. The maximum atomic E-state index is 12.7. The van der Waals surface area contributed by atoms with Crippen LogP contribution in [0.15, 0.2) is 41.2 Å². The van der Waals surface area contributed by atoms with Gasteiger partial charge in [-0.3, -0.25) is 4.79 Å². The number of carbonyl (C=O) groups is 1. The molecule has 2 heteroatoms. The molecule has 1 aromatic carbocycles.